The fourth-order valence-corrected chi connectivity index (χ4v) is 4.83. The van der Waals surface area contributed by atoms with Crippen LogP contribution in [0.25, 0.3) is 0 Å². The summed E-state index contributed by atoms with van der Waals surface area (Å²) in [6, 6.07) is 0.120. The highest BCUT2D eigenvalue weighted by Crippen LogP contribution is 2.32. The maximum absolute atomic E-state index is 12.9. The third-order valence-electron chi connectivity index (χ3n) is 6.33. The molecule has 0 unspecified atom stereocenters. The van der Waals surface area contributed by atoms with Gasteiger partial charge in [0, 0.05) is 39.0 Å². The normalized spacial score (nSPS) is 24.4. The minimum Gasteiger partial charge on any atom is -0.332 e. The quantitative estimate of drug-likeness (QED) is 0.850. The Bertz CT molecular complexity index is 622. The average molecular weight is 375 g/mol. The van der Waals surface area contributed by atoms with E-state index in [1.807, 2.05) is 0 Å². The number of fused-ring (bicyclic) bond motifs is 1. The van der Waals surface area contributed by atoms with Crippen molar-refractivity contribution < 1.29 is 4.79 Å². The van der Waals surface area contributed by atoms with Crippen LogP contribution in [0.3, 0.4) is 0 Å². The zero-order chi connectivity index (χ0) is 18.5. The maximum Gasteiger partial charge on any atom is 0.223 e. The Labute approximate surface area is 162 Å². The van der Waals surface area contributed by atoms with E-state index in [0.717, 1.165) is 70.1 Å². The molecule has 2 saturated heterocycles. The summed E-state index contributed by atoms with van der Waals surface area (Å²) in [4.78, 5) is 17.6. The topological polar surface area (TPSA) is 66.3 Å². The van der Waals surface area contributed by atoms with Crippen molar-refractivity contribution >= 4 is 5.91 Å². The first-order chi connectivity index (χ1) is 13.3. The monoisotopic (exact) mass is 374 g/mol. The number of aromatic nitrogens is 3. The van der Waals surface area contributed by atoms with Crippen LogP contribution in [0.15, 0.2) is 0 Å². The van der Waals surface area contributed by atoms with Crippen molar-refractivity contribution in [3.8, 4) is 0 Å². The summed E-state index contributed by atoms with van der Waals surface area (Å²) in [5.74, 6) is 2.37. The summed E-state index contributed by atoms with van der Waals surface area (Å²) >= 11 is 0. The summed E-state index contributed by atoms with van der Waals surface area (Å²) in [7, 11) is 0. The zero-order valence-electron chi connectivity index (χ0n) is 16.5. The highest BCUT2D eigenvalue weighted by Gasteiger charge is 2.34. The second-order valence-corrected chi connectivity index (χ2v) is 8.23. The van der Waals surface area contributed by atoms with Gasteiger partial charge < -0.3 is 19.7 Å². The van der Waals surface area contributed by atoms with E-state index in [-0.39, 0.29) is 6.04 Å². The molecule has 3 aliphatic rings. The number of amides is 1. The number of rotatable bonds is 5. The van der Waals surface area contributed by atoms with Crippen LogP contribution in [0, 0.1) is 0 Å². The lowest BCUT2D eigenvalue weighted by Crippen LogP contribution is -2.33. The van der Waals surface area contributed by atoms with Crippen LogP contribution < -0.4 is 5.32 Å². The van der Waals surface area contributed by atoms with Crippen molar-refractivity contribution in [3.05, 3.63) is 11.6 Å². The zero-order valence-corrected chi connectivity index (χ0v) is 16.5. The van der Waals surface area contributed by atoms with Gasteiger partial charge in [0.05, 0.1) is 6.04 Å². The lowest BCUT2D eigenvalue weighted by Gasteiger charge is -2.25. The van der Waals surface area contributed by atoms with Gasteiger partial charge in [-0.2, -0.15) is 0 Å². The van der Waals surface area contributed by atoms with Gasteiger partial charge in [-0.15, -0.1) is 10.2 Å². The number of nitrogens with zero attached hydrogens (tertiary/aromatic N) is 5. The molecular formula is C20H34N6O. The van der Waals surface area contributed by atoms with Crippen molar-refractivity contribution in [1.29, 1.82) is 0 Å². The highest BCUT2D eigenvalue weighted by atomic mass is 16.2. The largest absolute Gasteiger partial charge is 0.332 e. The molecule has 0 aliphatic carbocycles. The first kappa shape index (κ1) is 18.9. The van der Waals surface area contributed by atoms with E-state index in [4.69, 9.17) is 0 Å². The van der Waals surface area contributed by atoms with E-state index in [1.54, 1.807) is 0 Å². The van der Waals surface area contributed by atoms with Crippen LogP contribution in [0.1, 0.15) is 69.1 Å². The number of nitrogens with one attached hydrogen (secondary N) is 1. The van der Waals surface area contributed by atoms with E-state index in [1.165, 1.54) is 38.8 Å². The summed E-state index contributed by atoms with van der Waals surface area (Å²) in [5.41, 5.74) is 0. The molecule has 1 aromatic rings. The molecule has 0 bridgehead atoms. The van der Waals surface area contributed by atoms with Crippen molar-refractivity contribution in [2.45, 2.75) is 70.4 Å². The van der Waals surface area contributed by atoms with Crippen molar-refractivity contribution in [2.24, 2.45) is 0 Å². The molecule has 150 valence electrons. The molecule has 0 saturated carbocycles. The predicted molar refractivity (Wildman–Crippen MR) is 104 cm³/mol. The van der Waals surface area contributed by atoms with Crippen LogP contribution in [-0.2, 0) is 17.8 Å². The first-order valence-corrected chi connectivity index (χ1v) is 11.0. The number of hydrogen-bond acceptors (Lipinski definition) is 5. The van der Waals surface area contributed by atoms with Gasteiger partial charge >= 0.3 is 0 Å². The fraction of sp³-hybridized carbons (Fsp3) is 0.850. The van der Waals surface area contributed by atoms with Gasteiger partial charge in [-0.1, -0.05) is 12.8 Å². The number of hydrogen-bond donors (Lipinski definition) is 1. The van der Waals surface area contributed by atoms with Crippen LogP contribution in [-0.4, -0.2) is 69.7 Å². The second kappa shape index (κ2) is 9.15. The molecule has 1 aromatic heterocycles. The predicted octanol–water partition coefficient (Wildman–Crippen LogP) is 1.74. The molecule has 7 heteroatoms. The van der Waals surface area contributed by atoms with Gasteiger partial charge in [0.15, 0.2) is 5.82 Å². The van der Waals surface area contributed by atoms with Gasteiger partial charge in [-0.3, -0.25) is 4.79 Å². The van der Waals surface area contributed by atoms with Crippen molar-refractivity contribution in [3.63, 3.8) is 0 Å². The van der Waals surface area contributed by atoms with Gasteiger partial charge in [0.2, 0.25) is 5.91 Å². The van der Waals surface area contributed by atoms with E-state index < -0.39 is 0 Å². The Balaban J connectivity index is 1.34. The van der Waals surface area contributed by atoms with Crippen LogP contribution >= 0.6 is 0 Å². The van der Waals surface area contributed by atoms with E-state index in [0.29, 0.717) is 12.3 Å². The molecule has 0 spiro atoms. The van der Waals surface area contributed by atoms with Crippen LogP contribution in [0.4, 0.5) is 0 Å². The Morgan fingerprint density at radius 3 is 2.70 bits per heavy atom. The molecule has 7 nitrogen and oxygen atoms in total. The smallest absolute Gasteiger partial charge is 0.223 e. The van der Waals surface area contributed by atoms with Gasteiger partial charge in [0.25, 0.3) is 0 Å². The van der Waals surface area contributed by atoms with Gasteiger partial charge in [0.1, 0.15) is 5.82 Å². The molecule has 1 amide bonds. The minimum absolute atomic E-state index is 0.120. The van der Waals surface area contributed by atoms with Crippen LogP contribution in [0.5, 0.6) is 0 Å². The third-order valence-corrected chi connectivity index (χ3v) is 6.33. The Hall–Kier alpha value is -1.47. The summed E-state index contributed by atoms with van der Waals surface area (Å²) in [5, 5.41) is 12.3. The molecule has 0 aromatic carbocycles. The first-order valence-electron chi connectivity index (χ1n) is 11.0. The number of carbonyl (C=O) groups is 1. The third kappa shape index (κ3) is 4.51. The Morgan fingerprint density at radius 1 is 1.00 bits per heavy atom. The van der Waals surface area contributed by atoms with Gasteiger partial charge in [-0.25, -0.2) is 0 Å². The standard InChI is InChI=1S/C20H34N6O/c27-19(8-6-14-24-12-3-1-2-4-13-24)25-15-5-7-17(25)20-23-22-18-9-10-21-11-16-26(18)20/h17,21H,1-16H2/t17-/m0/s1. The molecule has 1 atom stereocenters. The summed E-state index contributed by atoms with van der Waals surface area (Å²) in [6.07, 6.45) is 10.0. The van der Waals surface area contributed by atoms with Crippen molar-refractivity contribution in [1.82, 2.24) is 29.9 Å². The van der Waals surface area contributed by atoms with E-state index >= 15 is 0 Å². The Morgan fingerprint density at radius 2 is 1.85 bits per heavy atom. The lowest BCUT2D eigenvalue weighted by atomic mass is 10.2. The molecule has 0 radical (unpaired) electrons. The van der Waals surface area contributed by atoms with E-state index in [2.05, 4.69) is 29.9 Å². The average Bonchev–Trinajstić information content (AvgIpc) is 3.13. The highest BCUT2D eigenvalue weighted by molar-refractivity contribution is 5.76. The fourth-order valence-electron chi connectivity index (χ4n) is 4.83. The number of likely N-dealkylation sites (tertiary alicyclic amines) is 2. The van der Waals surface area contributed by atoms with E-state index in [9.17, 15) is 4.79 Å². The Kier molecular flexibility index (Phi) is 6.39. The van der Waals surface area contributed by atoms with Crippen LogP contribution in [0.2, 0.25) is 0 Å². The van der Waals surface area contributed by atoms with Crippen molar-refractivity contribution in [2.75, 3.05) is 39.3 Å². The molecule has 2 fully saturated rings. The molecule has 27 heavy (non-hydrogen) atoms. The van der Waals surface area contributed by atoms with Gasteiger partial charge in [-0.05, 0) is 51.7 Å². The maximum atomic E-state index is 12.9. The molecule has 1 N–H and O–H groups in total. The molecule has 4 rings (SSSR count). The summed E-state index contributed by atoms with van der Waals surface area (Å²) < 4.78 is 2.26. The SMILES string of the molecule is O=C(CCCN1CCCCCC1)N1CCC[C@H]1c1nnc2n1CCNCC2. The lowest BCUT2D eigenvalue weighted by molar-refractivity contribution is -0.132. The second-order valence-electron chi connectivity index (χ2n) is 8.23. The number of carbonyl (C=O) groups excluding carboxylic acids is 1. The minimum atomic E-state index is 0.120. The molecule has 3 aliphatic heterocycles. The summed E-state index contributed by atoms with van der Waals surface area (Å²) in [6.45, 7) is 7.17. The molecule has 4 heterocycles. The molecular weight excluding hydrogens is 340 g/mol.